The molecule has 1 rings (SSSR count). The summed E-state index contributed by atoms with van der Waals surface area (Å²) in [4.78, 5) is 22.0. The van der Waals surface area contributed by atoms with Crippen LogP contribution in [0.5, 0.6) is 0 Å². The van der Waals surface area contributed by atoms with Crippen LogP contribution in [0.2, 0.25) is 0 Å². The van der Waals surface area contributed by atoms with Gasteiger partial charge in [0, 0.05) is 30.8 Å². The lowest BCUT2D eigenvalue weighted by Crippen LogP contribution is -2.28. The number of hydrogen-bond donors (Lipinski definition) is 2. The largest absolute Gasteiger partial charge is 0.391 e. The molecule has 2 N–H and O–H groups in total. The predicted octanol–water partition coefficient (Wildman–Crippen LogP) is 1.03. The van der Waals surface area contributed by atoms with Gasteiger partial charge < -0.3 is 15.2 Å². The van der Waals surface area contributed by atoms with Gasteiger partial charge in [0.1, 0.15) is 0 Å². The molecule has 0 aromatic heterocycles. The van der Waals surface area contributed by atoms with Gasteiger partial charge >= 0.3 is 0 Å². The second-order valence-corrected chi connectivity index (χ2v) is 4.41. The van der Waals surface area contributed by atoms with Gasteiger partial charge in [-0.2, -0.15) is 0 Å². The minimum absolute atomic E-state index is 0.0166. The smallest absolute Gasteiger partial charge is 0.272 e. The number of nitrogens with one attached hydrogen (secondary N) is 1. The Kier molecular flexibility index (Phi) is 6.08. The molecule has 0 spiro atoms. The van der Waals surface area contributed by atoms with E-state index in [-0.39, 0.29) is 18.2 Å². The van der Waals surface area contributed by atoms with Gasteiger partial charge in [0.15, 0.2) is 0 Å². The van der Waals surface area contributed by atoms with Crippen molar-refractivity contribution in [3.8, 4) is 0 Å². The third kappa shape index (κ3) is 4.60. The number of carbonyl (C=O) groups is 1. The van der Waals surface area contributed by atoms with E-state index in [1.54, 1.807) is 6.92 Å². The van der Waals surface area contributed by atoms with Gasteiger partial charge in [-0.05, 0) is 25.5 Å². The molecule has 0 aliphatic heterocycles. The van der Waals surface area contributed by atoms with E-state index >= 15 is 0 Å². The molecule has 0 saturated heterocycles. The summed E-state index contributed by atoms with van der Waals surface area (Å²) < 4.78 is 4.77. The summed E-state index contributed by atoms with van der Waals surface area (Å²) in [5, 5.41) is 22.7. The van der Waals surface area contributed by atoms with Crippen molar-refractivity contribution in [1.29, 1.82) is 0 Å². The second kappa shape index (κ2) is 7.56. The average Bonchev–Trinajstić information content (AvgIpc) is 2.38. The lowest BCUT2D eigenvalue weighted by atomic mass is 10.1. The van der Waals surface area contributed by atoms with Crippen molar-refractivity contribution in [2.75, 3.05) is 20.3 Å². The zero-order chi connectivity index (χ0) is 15.1. The number of aliphatic hydroxyl groups is 1. The number of benzene rings is 1. The molecule has 1 aromatic rings. The molecule has 0 bridgehead atoms. The SMILES string of the molecule is COCC(O)CCNC(=O)c1ccc([N+](=O)[O-])c(C)c1. The van der Waals surface area contributed by atoms with Gasteiger partial charge in [-0.1, -0.05) is 0 Å². The van der Waals surface area contributed by atoms with E-state index < -0.39 is 11.0 Å². The Balaban J connectivity index is 2.56. The highest BCUT2D eigenvalue weighted by atomic mass is 16.6. The molecule has 0 radical (unpaired) electrons. The van der Waals surface area contributed by atoms with Crippen LogP contribution < -0.4 is 5.32 Å². The van der Waals surface area contributed by atoms with Crippen LogP contribution in [0.15, 0.2) is 18.2 Å². The number of nitrogens with zero attached hydrogens (tertiary/aromatic N) is 1. The maximum Gasteiger partial charge on any atom is 0.272 e. The standard InChI is InChI=1S/C13H18N2O5/c1-9-7-10(3-4-12(9)15(18)19)13(17)14-6-5-11(16)8-20-2/h3-4,7,11,16H,5-6,8H2,1-2H3,(H,14,17). The van der Waals surface area contributed by atoms with E-state index in [1.807, 2.05) is 0 Å². The van der Waals surface area contributed by atoms with E-state index in [0.29, 0.717) is 24.1 Å². The molecule has 7 heteroatoms. The number of amides is 1. The molecule has 0 heterocycles. The molecule has 1 atom stereocenters. The molecule has 20 heavy (non-hydrogen) atoms. The van der Waals surface area contributed by atoms with Crippen LogP contribution in [-0.4, -0.2) is 42.3 Å². The monoisotopic (exact) mass is 282 g/mol. The quantitative estimate of drug-likeness (QED) is 0.574. The topological polar surface area (TPSA) is 102 Å². The number of aryl methyl sites for hydroxylation is 1. The van der Waals surface area contributed by atoms with Crippen molar-refractivity contribution >= 4 is 11.6 Å². The van der Waals surface area contributed by atoms with Crippen LogP contribution in [0.4, 0.5) is 5.69 Å². The molecule has 0 saturated carbocycles. The second-order valence-electron chi connectivity index (χ2n) is 4.41. The van der Waals surface area contributed by atoms with Gasteiger partial charge in [0.2, 0.25) is 0 Å². The third-order valence-corrected chi connectivity index (χ3v) is 2.78. The number of aliphatic hydroxyl groups excluding tert-OH is 1. The maximum absolute atomic E-state index is 11.8. The highest BCUT2D eigenvalue weighted by Gasteiger charge is 2.13. The van der Waals surface area contributed by atoms with Gasteiger partial charge in [0.05, 0.1) is 17.6 Å². The first-order chi connectivity index (χ1) is 9.45. The number of nitro groups is 1. The first-order valence-electron chi connectivity index (χ1n) is 6.16. The third-order valence-electron chi connectivity index (χ3n) is 2.78. The summed E-state index contributed by atoms with van der Waals surface area (Å²) in [7, 11) is 1.49. The summed E-state index contributed by atoms with van der Waals surface area (Å²) >= 11 is 0. The molecule has 7 nitrogen and oxygen atoms in total. The summed E-state index contributed by atoms with van der Waals surface area (Å²) in [5.41, 5.74) is 0.772. The Morgan fingerprint density at radius 3 is 2.80 bits per heavy atom. The predicted molar refractivity (Wildman–Crippen MR) is 72.7 cm³/mol. The normalized spacial score (nSPS) is 11.9. The maximum atomic E-state index is 11.8. The van der Waals surface area contributed by atoms with Crippen molar-refractivity contribution in [2.45, 2.75) is 19.4 Å². The summed E-state index contributed by atoms with van der Waals surface area (Å²) in [5.74, 6) is -0.326. The number of rotatable bonds is 7. The first kappa shape index (κ1) is 16.1. The fourth-order valence-corrected chi connectivity index (χ4v) is 1.73. The van der Waals surface area contributed by atoms with Crippen molar-refractivity contribution < 1.29 is 19.6 Å². The van der Waals surface area contributed by atoms with E-state index in [2.05, 4.69) is 5.32 Å². The Morgan fingerprint density at radius 2 is 2.25 bits per heavy atom. The molecule has 0 aliphatic rings. The zero-order valence-corrected chi connectivity index (χ0v) is 11.5. The first-order valence-corrected chi connectivity index (χ1v) is 6.16. The number of carbonyl (C=O) groups excluding carboxylic acids is 1. The Morgan fingerprint density at radius 1 is 1.55 bits per heavy atom. The number of hydrogen-bond acceptors (Lipinski definition) is 5. The minimum Gasteiger partial charge on any atom is -0.391 e. The number of nitro benzene ring substituents is 1. The number of methoxy groups -OCH3 is 1. The number of ether oxygens (including phenoxy) is 1. The zero-order valence-electron chi connectivity index (χ0n) is 11.5. The Hall–Kier alpha value is -1.99. The van der Waals surface area contributed by atoms with Gasteiger partial charge in [-0.3, -0.25) is 14.9 Å². The van der Waals surface area contributed by atoms with Crippen molar-refractivity contribution in [2.24, 2.45) is 0 Å². The van der Waals surface area contributed by atoms with Crippen LogP contribution >= 0.6 is 0 Å². The molecule has 1 unspecified atom stereocenters. The van der Waals surface area contributed by atoms with Gasteiger partial charge in [-0.25, -0.2) is 0 Å². The lowest BCUT2D eigenvalue weighted by molar-refractivity contribution is -0.385. The van der Waals surface area contributed by atoms with E-state index in [1.165, 1.54) is 25.3 Å². The highest BCUT2D eigenvalue weighted by molar-refractivity contribution is 5.94. The van der Waals surface area contributed by atoms with Crippen LogP contribution in [-0.2, 0) is 4.74 Å². The van der Waals surface area contributed by atoms with Crippen LogP contribution in [0.3, 0.4) is 0 Å². The summed E-state index contributed by atoms with van der Waals surface area (Å²) in [6.07, 6.45) is -0.246. The highest BCUT2D eigenvalue weighted by Crippen LogP contribution is 2.18. The Labute approximate surface area is 116 Å². The fourth-order valence-electron chi connectivity index (χ4n) is 1.73. The molecule has 0 aliphatic carbocycles. The van der Waals surface area contributed by atoms with Crippen molar-refractivity contribution in [3.05, 3.63) is 39.4 Å². The van der Waals surface area contributed by atoms with E-state index in [0.717, 1.165) is 0 Å². The molecular weight excluding hydrogens is 264 g/mol. The minimum atomic E-state index is -0.626. The van der Waals surface area contributed by atoms with Crippen LogP contribution in [0.25, 0.3) is 0 Å². The van der Waals surface area contributed by atoms with Gasteiger partial charge in [-0.15, -0.1) is 0 Å². The molecule has 1 amide bonds. The van der Waals surface area contributed by atoms with Gasteiger partial charge in [0.25, 0.3) is 11.6 Å². The molecule has 110 valence electrons. The summed E-state index contributed by atoms with van der Waals surface area (Å²) in [6.45, 7) is 2.10. The van der Waals surface area contributed by atoms with Crippen molar-refractivity contribution in [1.82, 2.24) is 5.32 Å². The van der Waals surface area contributed by atoms with Crippen molar-refractivity contribution in [3.63, 3.8) is 0 Å². The van der Waals surface area contributed by atoms with Crippen LogP contribution in [0.1, 0.15) is 22.3 Å². The summed E-state index contributed by atoms with van der Waals surface area (Å²) in [6, 6.07) is 4.19. The molecular formula is C13H18N2O5. The Bertz CT molecular complexity index is 490. The fraction of sp³-hybridized carbons (Fsp3) is 0.462. The molecule has 1 aromatic carbocycles. The molecule has 0 fully saturated rings. The average molecular weight is 282 g/mol. The van der Waals surface area contributed by atoms with E-state index in [4.69, 9.17) is 4.74 Å². The van der Waals surface area contributed by atoms with Crippen LogP contribution in [0, 0.1) is 17.0 Å². The van der Waals surface area contributed by atoms with E-state index in [9.17, 15) is 20.0 Å². The lowest BCUT2D eigenvalue weighted by Gasteiger charge is -2.10.